The minimum Gasteiger partial charge on any atom is -0.352 e. The minimum atomic E-state index is -1.34. The Balaban J connectivity index is 1.87. The molecular formula is C16H22FNO2S. The van der Waals surface area contributed by atoms with Gasteiger partial charge in [0.05, 0.1) is 0 Å². The van der Waals surface area contributed by atoms with Crippen LogP contribution in [0, 0.1) is 5.82 Å². The lowest BCUT2D eigenvalue weighted by molar-refractivity contribution is -0.121. The summed E-state index contributed by atoms with van der Waals surface area (Å²) < 4.78 is 25.3. The van der Waals surface area contributed by atoms with Crippen molar-refractivity contribution in [1.82, 2.24) is 5.32 Å². The number of hydrogen-bond acceptors (Lipinski definition) is 2. The maximum atomic E-state index is 13.1. The molecule has 116 valence electrons. The molecule has 0 heterocycles. The highest BCUT2D eigenvalue weighted by Gasteiger charge is 2.23. The van der Waals surface area contributed by atoms with Gasteiger partial charge in [-0.05, 0) is 37.5 Å². The fraction of sp³-hybridized carbons (Fsp3) is 0.562. The summed E-state index contributed by atoms with van der Waals surface area (Å²) in [6, 6.07) is 6.26. The summed E-state index contributed by atoms with van der Waals surface area (Å²) in [6.07, 6.45) is 5.54. The van der Waals surface area contributed by atoms with Crippen LogP contribution in [0.2, 0.25) is 0 Å². The van der Waals surface area contributed by atoms with Gasteiger partial charge in [0.2, 0.25) is 5.91 Å². The second-order valence-electron chi connectivity index (χ2n) is 5.64. The summed E-state index contributed by atoms with van der Waals surface area (Å²) >= 11 is 0. The van der Waals surface area contributed by atoms with E-state index >= 15 is 0 Å². The Morgan fingerprint density at radius 1 is 1.38 bits per heavy atom. The van der Waals surface area contributed by atoms with Gasteiger partial charge in [0.25, 0.3) is 0 Å². The molecule has 3 nitrogen and oxygen atoms in total. The molecule has 2 atom stereocenters. The van der Waals surface area contributed by atoms with Crippen molar-refractivity contribution in [1.29, 1.82) is 0 Å². The number of halogens is 1. The smallest absolute Gasteiger partial charge is 0.235 e. The highest BCUT2D eigenvalue weighted by atomic mass is 32.2. The van der Waals surface area contributed by atoms with Gasteiger partial charge in [-0.3, -0.25) is 9.00 Å². The summed E-state index contributed by atoms with van der Waals surface area (Å²) in [5.41, 5.74) is 0.658. The Hall–Kier alpha value is -1.23. The molecule has 1 fully saturated rings. The van der Waals surface area contributed by atoms with Crippen LogP contribution in [-0.2, 0) is 21.3 Å². The molecule has 1 aromatic rings. The third-order valence-electron chi connectivity index (χ3n) is 3.91. The largest absolute Gasteiger partial charge is 0.352 e. The van der Waals surface area contributed by atoms with Gasteiger partial charge < -0.3 is 5.32 Å². The van der Waals surface area contributed by atoms with Gasteiger partial charge in [0, 0.05) is 22.6 Å². The van der Waals surface area contributed by atoms with Crippen molar-refractivity contribution >= 4 is 16.7 Å². The summed E-state index contributed by atoms with van der Waals surface area (Å²) in [4.78, 5) is 12.1. The second kappa shape index (κ2) is 7.69. The van der Waals surface area contributed by atoms with E-state index < -0.39 is 16.0 Å². The fourth-order valence-electron chi connectivity index (χ4n) is 2.60. The van der Waals surface area contributed by atoms with Crippen molar-refractivity contribution < 1.29 is 13.4 Å². The van der Waals surface area contributed by atoms with Crippen molar-refractivity contribution in [2.24, 2.45) is 0 Å². The summed E-state index contributed by atoms with van der Waals surface area (Å²) in [5, 5.41) is 2.42. The van der Waals surface area contributed by atoms with Crippen LogP contribution in [0.25, 0.3) is 0 Å². The van der Waals surface area contributed by atoms with E-state index in [0.29, 0.717) is 5.56 Å². The topological polar surface area (TPSA) is 46.2 Å². The Morgan fingerprint density at radius 3 is 2.76 bits per heavy atom. The Labute approximate surface area is 127 Å². The quantitative estimate of drug-likeness (QED) is 0.909. The predicted octanol–water partition coefficient (Wildman–Crippen LogP) is 2.91. The van der Waals surface area contributed by atoms with E-state index in [-0.39, 0.29) is 23.5 Å². The molecular weight excluding hydrogens is 289 g/mol. The second-order valence-corrected chi connectivity index (χ2v) is 7.40. The van der Waals surface area contributed by atoms with Crippen molar-refractivity contribution in [3.63, 3.8) is 0 Å². The van der Waals surface area contributed by atoms with Crippen LogP contribution in [0.1, 0.15) is 44.6 Å². The number of benzene rings is 1. The molecule has 0 spiro atoms. The van der Waals surface area contributed by atoms with Gasteiger partial charge in [0.15, 0.2) is 0 Å². The van der Waals surface area contributed by atoms with Gasteiger partial charge in [-0.1, -0.05) is 31.4 Å². The molecule has 0 saturated heterocycles. The number of amides is 1. The third-order valence-corrected chi connectivity index (χ3v) is 5.53. The van der Waals surface area contributed by atoms with Crippen LogP contribution in [-0.4, -0.2) is 21.4 Å². The first-order valence-electron chi connectivity index (χ1n) is 7.48. The molecule has 2 rings (SSSR count). The van der Waals surface area contributed by atoms with Gasteiger partial charge in [-0.2, -0.15) is 0 Å². The summed E-state index contributed by atoms with van der Waals surface area (Å²) in [7, 11) is -1.34. The highest BCUT2D eigenvalue weighted by molar-refractivity contribution is 7.85. The number of hydrogen-bond donors (Lipinski definition) is 1. The lowest BCUT2D eigenvalue weighted by atomic mass is 9.95. The molecule has 1 aromatic carbocycles. The molecule has 21 heavy (non-hydrogen) atoms. The zero-order chi connectivity index (χ0) is 15.2. The third kappa shape index (κ3) is 4.92. The molecule has 0 radical (unpaired) electrons. The van der Waals surface area contributed by atoms with Crippen LogP contribution < -0.4 is 5.32 Å². The van der Waals surface area contributed by atoms with E-state index in [4.69, 9.17) is 0 Å². The fourth-order valence-corrected chi connectivity index (χ4v) is 3.67. The van der Waals surface area contributed by atoms with E-state index in [2.05, 4.69) is 5.32 Å². The lowest BCUT2D eigenvalue weighted by Gasteiger charge is -2.24. The maximum absolute atomic E-state index is 13.1. The SMILES string of the molecule is C[C@H](C(=O)NC1CCCCC1)[S@](=O)Cc1cccc(F)c1. The van der Waals surface area contributed by atoms with Crippen LogP contribution >= 0.6 is 0 Å². The van der Waals surface area contributed by atoms with E-state index in [1.54, 1.807) is 19.1 Å². The number of carbonyl (C=O) groups is 1. The summed E-state index contributed by atoms with van der Waals surface area (Å²) in [5.74, 6) is -0.294. The van der Waals surface area contributed by atoms with Crippen LogP contribution in [0.4, 0.5) is 4.39 Å². The van der Waals surface area contributed by atoms with Gasteiger partial charge in [-0.25, -0.2) is 4.39 Å². The Bertz CT molecular complexity index is 515. The summed E-state index contributed by atoms with van der Waals surface area (Å²) in [6.45, 7) is 1.67. The molecule has 1 aliphatic rings. The molecule has 0 unspecified atom stereocenters. The van der Waals surface area contributed by atoms with Crippen LogP contribution in [0.3, 0.4) is 0 Å². The highest BCUT2D eigenvalue weighted by Crippen LogP contribution is 2.18. The number of rotatable bonds is 5. The van der Waals surface area contributed by atoms with Gasteiger partial charge >= 0.3 is 0 Å². The minimum absolute atomic E-state index is 0.156. The average molecular weight is 311 g/mol. The van der Waals surface area contributed by atoms with E-state index in [9.17, 15) is 13.4 Å². The molecule has 1 N–H and O–H groups in total. The predicted molar refractivity (Wildman–Crippen MR) is 82.7 cm³/mol. The van der Waals surface area contributed by atoms with Gasteiger partial charge in [0.1, 0.15) is 11.1 Å². The Kier molecular flexibility index (Phi) is 5.91. The zero-order valence-corrected chi connectivity index (χ0v) is 13.1. The molecule has 1 saturated carbocycles. The van der Waals surface area contributed by atoms with E-state index in [1.807, 2.05) is 0 Å². The first-order valence-corrected chi connectivity index (χ1v) is 8.86. The van der Waals surface area contributed by atoms with Crippen molar-refractivity contribution in [3.05, 3.63) is 35.6 Å². The molecule has 0 aliphatic heterocycles. The molecule has 0 bridgehead atoms. The average Bonchev–Trinajstić information content (AvgIpc) is 2.47. The van der Waals surface area contributed by atoms with Crippen LogP contribution in [0.15, 0.2) is 24.3 Å². The van der Waals surface area contributed by atoms with E-state index in [0.717, 1.165) is 25.7 Å². The standard InChI is InChI=1S/C16H22FNO2S/c1-12(16(19)18-15-8-3-2-4-9-15)21(20)11-13-6-5-7-14(17)10-13/h5-7,10,12,15H,2-4,8-9,11H2,1H3,(H,18,19)/t12-,21-/m1/s1. The lowest BCUT2D eigenvalue weighted by Crippen LogP contribution is -2.42. The molecule has 5 heteroatoms. The maximum Gasteiger partial charge on any atom is 0.235 e. The Morgan fingerprint density at radius 2 is 2.10 bits per heavy atom. The monoisotopic (exact) mass is 311 g/mol. The molecule has 1 amide bonds. The van der Waals surface area contributed by atoms with Crippen molar-refractivity contribution in [3.8, 4) is 0 Å². The molecule has 1 aliphatic carbocycles. The number of carbonyl (C=O) groups excluding carboxylic acids is 1. The van der Waals surface area contributed by atoms with E-state index in [1.165, 1.54) is 18.6 Å². The first-order chi connectivity index (χ1) is 10.1. The van der Waals surface area contributed by atoms with Crippen molar-refractivity contribution in [2.45, 2.75) is 56.1 Å². The van der Waals surface area contributed by atoms with Crippen molar-refractivity contribution in [2.75, 3.05) is 0 Å². The normalized spacial score (nSPS) is 19.0. The molecule has 0 aromatic heterocycles. The van der Waals surface area contributed by atoms with Gasteiger partial charge in [-0.15, -0.1) is 0 Å². The zero-order valence-electron chi connectivity index (χ0n) is 12.3. The number of nitrogens with one attached hydrogen (secondary N) is 1. The van der Waals surface area contributed by atoms with Crippen LogP contribution in [0.5, 0.6) is 0 Å². The first kappa shape index (κ1) is 16.1.